The quantitative estimate of drug-likeness (QED) is 0.740. The number of aryl methyl sites for hydroxylation is 1. The molecule has 0 aliphatic carbocycles. The third-order valence-corrected chi connectivity index (χ3v) is 4.72. The fraction of sp³-hybridized carbons (Fsp3) is 0.200. The van der Waals surface area contributed by atoms with Crippen molar-refractivity contribution in [1.29, 1.82) is 0 Å². The molecule has 126 valence electrons. The number of rotatable bonds is 3. The van der Waals surface area contributed by atoms with E-state index in [1.807, 2.05) is 37.3 Å². The molecule has 4 nitrogen and oxygen atoms in total. The van der Waals surface area contributed by atoms with E-state index in [4.69, 9.17) is 16.6 Å². The maximum absolute atomic E-state index is 6.24. The summed E-state index contributed by atoms with van der Waals surface area (Å²) in [5.74, 6) is 1.51. The number of anilines is 3. The Kier molecular flexibility index (Phi) is 4.28. The Morgan fingerprint density at radius 1 is 1.00 bits per heavy atom. The molecule has 0 bridgehead atoms. The van der Waals surface area contributed by atoms with Crippen LogP contribution in [0.3, 0.4) is 0 Å². The standard InChI is InChI=1S/C20H19ClN4/c1-14-12-19(23-18-9-5-4-8-17(18)21)24-20(22-14)25-11-10-15-6-2-3-7-16(15)13-25/h2-9,12H,10-11,13H2,1H3,(H,22,23,24). The van der Waals surface area contributed by atoms with Gasteiger partial charge in [-0.15, -0.1) is 0 Å². The predicted molar refractivity (Wildman–Crippen MR) is 103 cm³/mol. The second-order valence-corrected chi connectivity index (χ2v) is 6.65. The lowest BCUT2D eigenvalue weighted by Gasteiger charge is -2.29. The van der Waals surface area contributed by atoms with Gasteiger partial charge in [-0.2, -0.15) is 4.98 Å². The largest absolute Gasteiger partial charge is 0.339 e. The summed E-state index contributed by atoms with van der Waals surface area (Å²) in [6.07, 6.45) is 1.01. The number of nitrogens with one attached hydrogen (secondary N) is 1. The van der Waals surface area contributed by atoms with E-state index in [1.54, 1.807) is 0 Å². The monoisotopic (exact) mass is 350 g/mol. The molecule has 0 radical (unpaired) electrons. The Morgan fingerprint density at radius 2 is 1.76 bits per heavy atom. The SMILES string of the molecule is Cc1cc(Nc2ccccc2Cl)nc(N2CCc3ccccc3C2)n1. The topological polar surface area (TPSA) is 41.1 Å². The van der Waals surface area contributed by atoms with E-state index in [2.05, 4.69) is 39.5 Å². The predicted octanol–water partition coefficient (Wildman–Crippen LogP) is 4.74. The summed E-state index contributed by atoms with van der Waals surface area (Å²) in [5, 5.41) is 3.98. The van der Waals surface area contributed by atoms with Crippen LogP contribution in [0, 0.1) is 6.92 Å². The van der Waals surface area contributed by atoms with Gasteiger partial charge in [0.1, 0.15) is 5.82 Å². The highest BCUT2D eigenvalue weighted by atomic mass is 35.5. The van der Waals surface area contributed by atoms with Crippen LogP contribution in [-0.2, 0) is 13.0 Å². The minimum absolute atomic E-state index is 0.673. The highest BCUT2D eigenvalue weighted by Crippen LogP contribution is 2.27. The van der Waals surface area contributed by atoms with Crippen LogP contribution < -0.4 is 10.2 Å². The summed E-state index contributed by atoms with van der Waals surface area (Å²) in [5.41, 5.74) is 4.54. The van der Waals surface area contributed by atoms with Crippen LogP contribution in [0.1, 0.15) is 16.8 Å². The van der Waals surface area contributed by atoms with Crippen molar-refractivity contribution in [2.45, 2.75) is 19.9 Å². The van der Waals surface area contributed by atoms with Gasteiger partial charge in [0.25, 0.3) is 0 Å². The van der Waals surface area contributed by atoms with Crippen molar-refractivity contribution in [3.8, 4) is 0 Å². The molecule has 1 aromatic heterocycles. The zero-order valence-corrected chi connectivity index (χ0v) is 14.8. The van der Waals surface area contributed by atoms with Gasteiger partial charge in [0.05, 0.1) is 10.7 Å². The minimum Gasteiger partial charge on any atom is -0.339 e. The third kappa shape index (κ3) is 3.44. The van der Waals surface area contributed by atoms with E-state index in [0.717, 1.165) is 42.7 Å². The fourth-order valence-corrected chi connectivity index (χ4v) is 3.31. The van der Waals surface area contributed by atoms with E-state index in [1.165, 1.54) is 11.1 Å². The zero-order chi connectivity index (χ0) is 17.2. The highest BCUT2D eigenvalue weighted by Gasteiger charge is 2.19. The minimum atomic E-state index is 0.673. The zero-order valence-electron chi connectivity index (χ0n) is 14.0. The highest BCUT2D eigenvalue weighted by molar-refractivity contribution is 6.33. The summed E-state index contributed by atoms with van der Waals surface area (Å²) < 4.78 is 0. The molecule has 0 atom stereocenters. The van der Waals surface area contributed by atoms with Gasteiger partial charge in [-0.1, -0.05) is 48.0 Å². The number of hydrogen-bond donors (Lipinski definition) is 1. The normalized spacial score (nSPS) is 13.4. The number of para-hydroxylation sites is 1. The Balaban J connectivity index is 1.61. The summed E-state index contributed by atoms with van der Waals surface area (Å²) >= 11 is 6.24. The summed E-state index contributed by atoms with van der Waals surface area (Å²) in [7, 11) is 0. The molecule has 4 rings (SSSR count). The number of aromatic nitrogens is 2. The van der Waals surface area contributed by atoms with Crippen LogP contribution in [0.25, 0.3) is 0 Å². The van der Waals surface area contributed by atoms with E-state index in [-0.39, 0.29) is 0 Å². The Morgan fingerprint density at radius 3 is 2.60 bits per heavy atom. The van der Waals surface area contributed by atoms with Gasteiger partial charge in [0.2, 0.25) is 5.95 Å². The van der Waals surface area contributed by atoms with Crippen LogP contribution in [0.4, 0.5) is 17.5 Å². The summed E-state index contributed by atoms with van der Waals surface area (Å²) in [6, 6.07) is 18.2. The molecule has 1 N–H and O–H groups in total. The van der Waals surface area contributed by atoms with E-state index < -0.39 is 0 Å². The van der Waals surface area contributed by atoms with Crippen LogP contribution >= 0.6 is 11.6 Å². The maximum atomic E-state index is 6.24. The van der Waals surface area contributed by atoms with Crippen molar-refractivity contribution in [3.05, 3.63) is 76.4 Å². The van der Waals surface area contributed by atoms with Gasteiger partial charge >= 0.3 is 0 Å². The molecule has 0 fully saturated rings. The first-order chi connectivity index (χ1) is 12.2. The number of benzene rings is 2. The Labute approximate surface area is 152 Å². The van der Waals surface area contributed by atoms with Crippen molar-refractivity contribution in [2.24, 2.45) is 0 Å². The van der Waals surface area contributed by atoms with Gasteiger partial charge < -0.3 is 10.2 Å². The van der Waals surface area contributed by atoms with Crippen molar-refractivity contribution in [2.75, 3.05) is 16.8 Å². The molecule has 1 aliphatic heterocycles. The van der Waals surface area contributed by atoms with Crippen LogP contribution in [0.15, 0.2) is 54.6 Å². The summed E-state index contributed by atoms with van der Waals surface area (Å²) in [6.45, 7) is 3.75. The Bertz CT molecular complexity index is 910. The molecule has 2 aromatic carbocycles. The number of nitrogens with zero attached hydrogens (tertiary/aromatic N) is 3. The van der Waals surface area contributed by atoms with Gasteiger partial charge in [-0.25, -0.2) is 4.98 Å². The third-order valence-electron chi connectivity index (χ3n) is 4.39. The van der Waals surface area contributed by atoms with Gasteiger partial charge in [-0.3, -0.25) is 0 Å². The fourth-order valence-electron chi connectivity index (χ4n) is 3.13. The first-order valence-electron chi connectivity index (χ1n) is 8.38. The van der Waals surface area contributed by atoms with Crippen molar-refractivity contribution >= 4 is 29.1 Å². The maximum Gasteiger partial charge on any atom is 0.227 e. The number of hydrogen-bond acceptors (Lipinski definition) is 4. The number of fused-ring (bicyclic) bond motifs is 1. The average Bonchev–Trinajstić information content (AvgIpc) is 2.63. The molecule has 0 spiro atoms. The molecular weight excluding hydrogens is 332 g/mol. The van der Waals surface area contributed by atoms with Crippen LogP contribution in [0.5, 0.6) is 0 Å². The van der Waals surface area contributed by atoms with E-state index in [0.29, 0.717) is 5.02 Å². The molecule has 1 aliphatic rings. The van der Waals surface area contributed by atoms with E-state index in [9.17, 15) is 0 Å². The first kappa shape index (κ1) is 15.9. The van der Waals surface area contributed by atoms with Crippen LogP contribution in [0.2, 0.25) is 5.02 Å². The lowest BCUT2D eigenvalue weighted by Crippen LogP contribution is -2.32. The molecule has 0 saturated heterocycles. The molecular formula is C20H19ClN4. The number of halogens is 1. The van der Waals surface area contributed by atoms with Gasteiger partial charge in [0, 0.05) is 24.8 Å². The second-order valence-electron chi connectivity index (χ2n) is 6.24. The van der Waals surface area contributed by atoms with Crippen molar-refractivity contribution < 1.29 is 0 Å². The lowest BCUT2D eigenvalue weighted by molar-refractivity contribution is 0.706. The molecule has 0 saturated carbocycles. The first-order valence-corrected chi connectivity index (χ1v) is 8.76. The van der Waals surface area contributed by atoms with Crippen molar-refractivity contribution in [1.82, 2.24) is 9.97 Å². The van der Waals surface area contributed by atoms with Crippen LogP contribution in [-0.4, -0.2) is 16.5 Å². The molecule has 0 unspecified atom stereocenters. The molecule has 0 amide bonds. The Hall–Kier alpha value is -2.59. The lowest BCUT2D eigenvalue weighted by atomic mass is 10.0. The molecule has 5 heteroatoms. The van der Waals surface area contributed by atoms with Crippen molar-refractivity contribution in [3.63, 3.8) is 0 Å². The van der Waals surface area contributed by atoms with E-state index >= 15 is 0 Å². The smallest absolute Gasteiger partial charge is 0.227 e. The second kappa shape index (κ2) is 6.73. The summed E-state index contributed by atoms with van der Waals surface area (Å²) in [4.78, 5) is 11.6. The van der Waals surface area contributed by atoms with Gasteiger partial charge in [0.15, 0.2) is 0 Å². The molecule has 3 aromatic rings. The van der Waals surface area contributed by atoms with Gasteiger partial charge in [-0.05, 0) is 36.6 Å². The molecule has 25 heavy (non-hydrogen) atoms. The average molecular weight is 351 g/mol. The molecule has 2 heterocycles.